The van der Waals surface area contributed by atoms with E-state index in [1.165, 1.54) is 11.6 Å². The summed E-state index contributed by atoms with van der Waals surface area (Å²) in [6, 6.07) is 20.7. The molecule has 0 unspecified atom stereocenters. The van der Waals surface area contributed by atoms with Crippen molar-refractivity contribution in [2.24, 2.45) is 0 Å². The highest BCUT2D eigenvalue weighted by atomic mass is 35.5. The summed E-state index contributed by atoms with van der Waals surface area (Å²) in [5.74, 6) is 1.66. The van der Waals surface area contributed by atoms with Crippen LogP contribution in [0.25, 0.3) is 6.08 Å². The monoisotopic (exact) mass is 535 g/mol. The first-order valence-electron chi connectivity index (χ1n) is 11.6. The Kier molecular flexibility index (Phi) is 8.54. The molecule has 0 atom stereocenters. The average molecular weight is 536 g/mol. The highest BCUT2D eigenvalue weighted by molar-refractivity contribution is 6.35. The maximum atomic E-state index is 12.6. The van der Waals surface area contributed by atoms with Gasteiger partial charge in [-0.05, 0) is 67.4 Å². The van der Waals surface area contributed by atoms with Crippen molar-refractivity contribution in [3.05, 3.63) is 111 Å². The van der Waals surface area contributed by atoms with Gasteiger partial charge in [-0.3, -0.25) is 9.48 Å². The van der Waals surface area contributed by atoms with Crippen molar-refractivity contribution in [3.63, 3.8) is 0 Å². The Bertz CT molecular complexity index is 1430. The number of nitrogens with one attached hydrogen (secondary N) is 1. The van der Waals surface area contributed by atoms with E-state index in [1.54, 1.807) is 30.0 Å². The summed E-state index contributed by atoms with van der Waals surface area (Å²) in [6.45, 7) is 4.75. The maximum absolute atomic E-state index is 12.6. The number of aromatic nitrogens is 2. The van der Waals surface area contributed by atoms with Gasteiger partial charge in [0.1, 0.15) is 18.1 Å². The third-order valence-corrected chi connectivity index (χ3v) is 6.30. The molecule has 1 N–H and O–H groups in total. The molecule has 1 amide bonds. The molecule has 0 bridgehead atoms. The van der Waals surface area contributed by atoms with Crippen LogP contribution in [0.1, 0.15) is 27.9 Å². The van der Waals surface area contributed by atoms with Crippen molar-refractivity contribution >= 4 is 41.0 Å². The minimum Gasteiger partial charge on any atom is -0.496 e. The van der Waals surface area contributed by atoms with E-state index in [0.717, 1.165) is 33.9 Å². The zero-order valence-electron chi connectivity index (χ0n) is 20.8. The number of hydrogen-bond donors (Lipinski definition) is 1. The van der Waals surface area contributed by atoms with E-state index in [2.05, 4.69) is 10.4 Å². The van der Waals surface area contributed by atoms with Gasteiger partial charge >= 0.3 is 0 Å². The zero-order chi connectivity index (χ0) is 26.4. The Hall–Kier alpha value is -3.74. The van der Waals surface area contributed by atoms with Gasteiger partial charge in [-0.15, -0.1) is 0 Å². The van der Waals surface area contributed by atoms with Gasteiger partial charge in [-0.25, -0.2) is 0 Å². The van der Waals surface area contributed by atoms with Crippen LogP contribution in [0.2, 0.25) is 10.0 Å². The molecular weight excluding hydrogens is 509 g/mol. The number of benzene rings is 3. The molecule has 0 aliphatic carbocycles. The molecule has 37 heavy (non-hydrogen) atoms. The van der Waals surface area contributed by atoms with Gasteiger partial charge in [0.05, 0.1) is 13.7 Å². The third kappa shape index (κ3) is 7.15. The van der Waals surface area contributed by atoms with E-state index in [-0.39, 0.29) is 5.91 Å². The van der Waals surface area contributed by atoms with Gasteiger partial charge in [0, 0.05) is 33.4 Å². The SMILES string of the molecule is COc1ccc(/C=C/C(=O)Nc2cc(C)n(Cc3ccc(Cl)cc3Cl)n2)cc1COc1ccc(C)cc1. The summed E-state index contributed by atoms with van der Waals surface area (Å²) in [6.07, 6.45) is 3.21. The summed E-state index contributed by atoms with van der Waals surface area (Å²) < 4.78 is 13.2. The number of hydrogen-bond acceptors (Lipinski definition) is 4. The van der Waals surface area contributed by atoms with Gasteiger partial charge in [-0.2, -0.15) is 5.10 Å². The average Bonchev–Trinajstić information content (AvgIpc) is 3.22. The smallest absolute Gasteiger partial charge is 0.249 e. The lowest BCUT2D eigenvalue weighted by atomic mass is 10.1. The lowest BCUT2D eigenvalue weighted by molar-refractivity contribution is -0.111. The minimum absolute atomic E-state index is 0.289. The first-order chi connectivity index (χ1) is 17.8. The number of rotatable bonds is 9. The molecule has 0 radical (unpaired) electrons. The van der Waals surface area contributed by atoms with Crippen LogP contribution in [0.3, 0.4) is 0 Å². The standard InChI is InChI=1S/C29H27Cl2N3O3/c1-19-4-10-25(11-5-19)37-18-23-15-21(6-12-27(23)36-3)7-13-29(35)32-28-14-20(2)34(33-28)17-22-8-9-24(30)16-26(22)31/h4-16H,17-18H2,1-3H3,(H,32,33,35)/b13-7+. The molecule has 4 rings (SSSR count). The Morgan fingerprint density at radius 1 is 1.00 bits per heavy atom. The molecule has 0 spiro atoms. The number of halogens is 2. The van der Waals surface area contributed by atoms with Crippen molar-refractivity contribution in [2.75, 3.05) is 12.4 Å². The fourth-order valence-electron chi connectivity index (χ4n) is 3.69. The predicted molar refractivity (Wildman–Crippen MR) is 149 cm³/mol. The van der Waals surface area contributed by atoms with Gasteiger partial charge in [-0.1, -0.05) is 53.0 Å². The van der Waals surface area contributed by atoms with Crippen molar-refractivity contribution in [2.45, 2.75) is 27.0 Å². The molecule has 0 saturated heterocycles. The van der Waals surface area contributed by atoms with Crippen LogP contribution in [0.15, 0.2) is 72.8 Å². The van der Waals surface area contributed by atoms with E-state index in [1.807, 2.05) is 68.4 Å². The zero-order valence-corrected chi connectivity index (χ0v) is 22.3. The molecule has 6 nitrogen and oxygen atoms in total. The molecule has 8 heteroatoms. The number of nitrogens with zero attached hydrogens (tertiary/aromatic N) is 2. The molecule has 0 fully saturated rings. The third-order valence-electron chi connectivity index (χ3n) is 5.71. The number of amides is 1. The minimum atomic E-state index is -0.289. The second-order valence-corrected chi connectivity index (χ2v) is 9.40. The van der Waals surface area contributed by atoms with Gasteiger partial charge in [0.2, 0.25) is 5.91 Å². The number of ether oxygens (including phenoxy) is 2. The first kappa shape index (κ1) is 26.3. The molecule has 0 saturated carbocycles. The summed E-state index contributed by atoms with van der Waals surface area (Å²) in [5.41, 5.74) is 4.66. The lowest BCUT2D eigenvalue weighted by Crippen LogP contribution is -2.10. The number of carbonyl (C=O) groups is 1. The fraction of sp³-hybridized carbons (Fsp3) is 0.172. The highest BCUT2D eigenvalue weighted by Crippen LogP contribution is 2.24. The quantitative estimate of drug-likeness (QED) is 0.232. The Labute approximate surface area is 226 Å². The second kappa shape index (κ2) is 12.0. The molecule has 0 aliphatic heterocycles. The Morgan fingerprint density at radius 3 is 2.51 bits per heavy atom. The predicted octanol–water partition coefficient (Wildman–Crippen LogP) is 7.09. The van der Waals surface area contributed by atoms with Crippen LogP contribution in [0.4, 0.5) is 5.82 Å². The van der Waals surface area contributed by atoms with Crippen LogP contribution in [0.5, 0.6) is 11.5 Å². The van der Waals surface area contributed by atoms with Crippen LogP contribution >= 0.6 is 23.2 Å². The first-order valence-corrected chi connectivity index (χ1v) is 12.4. The van der Waals surface area contributed by atoms with E-state index in [0.29, 0.717) is 29.0 Å². The van der Waals surface area contributed by atoms with Crippen LogP contribution in [0, 0.1) is 13.8 Å². The summed E-state index contributed by atoms with van der Waals surface area (Å²) >= 11 is 12.3. The maximum Gasteiger partial charge on any atom is 0.249 e. The van der Waals surface area contributed by atoms with Crippen LogP contribution in [-0.2, 0) is 17.9 Å². The van der Waals surface area contributed by atoms with Crippen molar-refractivity contribution < 1.29 is 14.3 Å². The fourth-order valence-corrected chi connectivity index (χ4v) is 4.16. The van der Waals surface area contributed by atoms with Gasteiger partial charge in [0.25, 0.3) is 0 Å². The van der Waals surface area contributed by atoms with Gasteiger partial charge < -0.3 is 14.8 Å². The largest absolute Gasteiger partial charge is 0.496 e. The van der Waals surface area contributed by atoms with Gasteiger partial charge in [0.15, 0.2) is 5.82 Å². The topological polar surface area (TPSA) is 65.4 Å². The summed E-state index contributed by atoms with van der Waals surface area (Å²) in [7, 11) is 1.62. The Balaban J connectivity index is 1.40. The molecular formula is C29H27Cl2N3O3. The number of aryl methyl sites for hydroxylation is 2. The lowest BCUT2D eigenvalue weighted by Gasteiger charge is -2.11. The summed E-state index contributed by atoms with van der Waals surface area (Å²) in [5, 5.41) is 8.44. The number of carbonyl (C=O) groups excluding carboxylic acids is 1. The van der Waals surface area contributed by atoms with Crippen molar-refractivity contribution in [1.29, 1.82) is 0 Å². The van der Waals surface area contributed by atoms with Crippen molar-refractivity contribution in [3.8, 4) is 11.5 Å². The van der Waals surface area contributed by atoms with Crippen LogP contribution in [-0.4, -0.2) is 22.8 Å². The molecule has 0 aliphatic rings. The summed E-state index contributed by atoms with van der Waals surface area (Å²) in [4.78, 5) is 12.6. The Morgan fingerprint density at radius 2 is 1.78 bits per heavy atom. The number of methoxy groups -OCH3 is 1. The molecule has 190 valence electrons. The molecule has 4 aromatic rings. The molecule has 1 heterocycles. The van der Waals surface area contributed by atoms with Crippen LogP contribution < -0.4 is 14.8 Å². The number of anilines is 1. The normalized spacial score (nSPS) is 11.1. The molecule has 1 aromatic heterocycles. The van der Waals surface area contributed by atoms with E-state index >= 15 is 0 Å². The van der Waals surface area contributed by atoms with E-state index in [9.17, 15) is 4.79 Å². The highest BCUT2D eigenvalue weighted by Gasteiger charge is 2.10. The second-order valence-electron chi connectivity index (χ2n) is 8.56. The molecule has 3 aromatic carbocycles. The van der Waals surface area contributed by atoms with Crippen molar-refractivity contribution in [1.82, 2.24) is 9.78 Å². The van der Waals surface area contributed by atoms with E-state index in [4.69, 9.17) is 32.7 Å². The van der Waals surface area contributed by atoms with E-state index < -0.39 is 0 Å².